The molecule has 0 unspecified atom stereocenters. The molecule has 0 aliphatic rings. The van der Waals surface area contributed by atoms with Crippen LogP contribution in [0, 0.1) is 10.5 Å². The molecule has 0 bridgehead atoms. The van der Waals surface area contributed by atoms with Crippen LogP contribution in [0.25, 0.3) is 0 Å². The van der Waals surface area contributed by atoms with Gasteiger partial charge in [-0.2, -0.15) is 5.10 Å². The Labute approximate surface area is 150 Å². The molecule has 2 amide bonds. The molecule has 0 saturated heterocycles. The summed E-state index contributed by atoms with van der Waals surface area (Å²) in [5.41, 5.74) is 4.89. The van der Waals surface area contributed by atoms with E-state index in [-0.39, 0.29) is 5.75 Å². The molecule has 0 aromatic heterocycles. The summed E-state index contributed by atoms with van der Waals surface area (Å²) in [5, 5.41) is 16.0. The van der Waals surface area contributed by atoms with Gasteiger partial charge in [0.15, 0.2) is 0 Å². The Hall–Kier alpha value is -1.61. The molecule has 0 atom stereocenters. The van der Waals surface area contributed by atoms with Crippen LogP contribution in [-0.2, 0) is 0 Å². The van der Waals surface area contributed by atoms with Crippen molar-refractivity contribution in [1.29, 1.82) is 0 Å². The van der Waals surface area contributed by atoms with Gasteiger partial charge in [-0.05, 0) is 77.0 Å². The predicted octanol–water partition coefficient (Wildman–Crippen LogP) is 4.22. The van der Waals surface area contributed by atoms with Crippen LogP contribution in [0.4, 0.5) is 10.5 Å². The van der Waals surface area contributed by atoms with Crippen LogP contribution in [0.2, 0.25) is 0 Å². The zero-order chi connectivity index (χ0) is 16.1. The molecule has 0 aliphatic heterocycles. The van der Waals surface area contributed by atoms with Crippen molar-refractivity contribution in [2.75, 3.05) is 5.32 Å². The summed E-state index contributed by atoms with van der Waals surface area (Å²) in [6.45, 7) is 1.94. The molecule has 2 aromatic rings. The molecule has 114 valence electrons. The maximum atomic E-state index is 11.7. The number of carbonyl (C=O) groups is 1. The van der Waals surface area contributed by atoms with Crippen LogP contribution < -0.4 is 10.7 Å². The van der Waals surface area contributed by atoms with Crippen molar-refractivity contribution in [3.8, 4) is 5.75 Å². The highest BCUT2D eigenvalue weighted by molar-refractivity contribution is 14.1. The van der Waals surface area contributed by atoms with Gasteiger partial charge in [0.25, 0.3) is 0 Å². The van der Waals surface area contributed by atoms with Crippen LogP contribution in [0.5, 0.6) is 5.75 Å². The number of phenolic OH excluding ortho intramolecular Hbond substituents is 1. The standard InChI is InChI=1S/C15H13BrIN3O2/c1-9-6-11(3-4-12(9)16)19-15(22)20-18-8-10-2-5-14(21)13(17)7-10/h2-8,21H,1H3,(H2,19,20,22)/b18-8+. The minimum absolute atomic E-state index is 0.217. The van der Waals surface area contributed by atoms with E-state index < -0.39 is 6.03 Å². The largest absolute Gasteiger partial charge is 0.507 e. The lowest BCUT2D eigenvalue weighted by atomic mass is 10.2. The second-order valence-corrected chi connectivity index (χ2v) is 6.52. The number of nitrogens with zero attached hydrogens (tertiary/aromatic N) is 1. The van der Waals surface area contributed by atoms with E-state index in [0.717, 1.165) is 19.2 Å². The first kappa shape index (κ1) is 16.8. The van der Waals surface area contributed by atoms with Gasteiger partial charge in [-0.25, -0.2) is 10.2 Å². The zero-order valence-electron chi connectivity index (χ0n) is 11.6. The molecule has 0 radical (unpaired) electrons. The van der Waals surface area contributed by atoms with E-state index in [1.807, 2.05) is 41.6 Å². The van der Waals surface area contributed by atoms with Crippen molar-refractivity contribution >= 4 is 56.5 Å². The molecular weight excluding hydrogens is 461 g/mol. The predicted molar refractivity (Wildman–Crippen MR) is 99.5 cm³/mol. The van der Waals surface area contributed by atoms with E-state index in [1.165, 1.54) is 6.21 Å². The van der Waals surface area contributed by atoms with Gasteiger partial charge in [-0.3, -0.25) is 0 Å². The third-order valence-electron chi connectivity index (χ3n) is 2.77. The van der Waals surface area contributed by atoms with E-state index in [2.05, 4.69) is 31.8 Å². The Kier molecular flexibility index (Phi) is 5.78. The fraction of sp³-hybridized carbons (Fsp3) is 0.0667. The highest BCUT2D eigenvalue weighted by atomic mass is 127. The Morgan fingerprint density at radius 1 is 1.32 bits per heavy atom. The number of hydrogen-bond acceptors (Lipinski definition) is 3. The summed E-state index contributed by atoms with van der Waals surface area (Å²) in [4.78, 5) is 11.7. The monoisotopic (exact) mass is 473 g/mol. The third-order valence-corrected chi connectivity index (χ3v) is 4.52. The molecule has 5 nitrogen and oxygen atoms in total. The number of urea groups is 1. The Morgan fingerprint density at radius 2 is 2.09 bits per heavy atom. The number of halogens is 2. The van der Waals surface area contributed by atoms with Crippen molar-refractivity contribution in [3.63, 3.8) is 0 Å². The smallest absolute Gasteiger partial charge is 0.339 e. The van der Waals surface area contributed by atoms with Crippen molar-refractivity contribution in [1.82, 2.24) is 5.43 Å². The minimum atomic E-state index is -0.425. The molecule has 0 spiro atoms. The van der Waals surface area contributed by atoms with Gasteiger partial charge >= 0.3 is 6.03 Å². The summed E-state index contributed by atoms with van der Waals surface area (Å²) in [7, 11) is 0. The van der Waals surface area contributed by atoms with E-state index in [1.54, 1.807) is 24.3 Å². The number of hydrogen-bond donors (Lipinski definition) is 3. The van der Waals surface area contributed by atoms with Crippen molar-refractivity contribution in [2.45, 2.75) is 6.92 Å². The van der Waals surface area contributed by atoms with Gasteiger partial charge < -0.3 is 10.4 Å². The molecule has 22 heavy (non-hydrogen) atoms. The molecule has 2 rings (SSSR count). The lowest BCUT2D eigenvalue weighted by molar-refractivity contribution is 0.252. The highest BCUT2D eigenvalue weighted by Crippen LogP contribution is 2.20. The van der Waals surface area contributed by atoms with Gasteiger partial charge in [-0.15, -0.1) is 0 Å². The second kappa shape index (κ2) is 7.59. The van der Waals surface area contributed by atoms with Crippen LogP contribution in [0.3, 0.4) is 0 Å². The van der Waals surface area contributed by atoms with Gasteiger partial charge in [0.2, 0.25) is 0 Å². The molecular formula is C15H13BrIN3O2. The van der Waals surface area contributed by atoms with Crippen molar-refractivity contribution < 1.29 is 9.90 Å². The fourth-order valence-corrected chi connectivity index (χ4v) is 2.44. The molecule has 0 fully saturated rings. The average Bonchev–Trinajstić information content (AvgIpc) is 2.47. The maximum Gasteiger partial charge on any atom is 0.339 e. The number of benzene rings is 2. The Balaban J connectivity index is 1.93. The summed E-state index contributed by atoms with van der Waals surface area (Å²) >= 11 is 5.42. The van der Waals surface area contributed by atoms with Crippen LogP contribution >= 0.6 is 38.5 Å². The summed E-state index contributed by atoms with van der Waals surface area (Å²) in [6.07, 6.45) is 1.51. The van der Waals surface area contributed by atoms with Crippen LogP contribution in [0.1, 0.15) is 11.1 Å². The van der Waals surface area contributed by atoms with Crippen LogP contribution in [-0.4, -0.2) is 17.4 Å². The lowest BCUT2D eigenvalue weighted by Crippen LogP contribution is -2.24. The number of hydrazone groups is 1. The molecule has 0 heterocycles. The molecule has 2 aromatic carbocycles. The number of amides is 2. The number of phenols is 1. The van der Waals surface area contributed by atoms with Gasteiger partial charge in [-0.1, -0.05) is 15.9 Å². The molecule has 0 saturated carbocycles. The summed E-state index contributed by atoms with van der Waals surface area (Å²) in [6, 6.07) is 10.1. The molecule has 7 heteroatoms. The van der Waals surface area contributed by atoms with Gasteiger partial charge in [0.05, 0.1) is 9.78 Å². The van der Waals surface area contributed by atoms with E-state index in [4.69, 9.17) is 0 Å². The van der Waals surface area contributed by atoms with Crippen LogP contribution in [0.15, 0.2) is 46.0 Å². The fourth-order valence-electron chi connectivity index (χ4n) is 1.65. The van der Waals surface area contributed by atoms with Gasteiger partial charge in [0, 0.05) is 10.2 Å². The summed E-state index contributed by atoms with van der Waals surface area (Å²) < 4.78 is 1.70. The Morgan fingerprint density at radius 3 is 2.77 bits per heavy atom. The topological polar surface area (TPSA) is 73.7 Å². The highest BCUT2D eigenvalue weighted by Gasteiger charge is 2.02. The average molecular weight is 474 g/mol. The first-order valence-corrected chi connectivity index (χ1v) is 8.17. The quantitative estimate of drug-likeness (QED) is 0.354. The number of aryl methyl sites for hydroxylation is 1. The Bertz CT molecular complexity index is 735. The second-order valence-electron chi connectivity index (χ2n) is 4.50. The first-order chi connectivity index (χ1) is 10.5. The van der Waals surface area contributed by atoms with E-state index in [9.17, 15) is 9.90 Å². The van der Waals surface area contributed by atoms with E-state index in [0.29, 0.717) is 5.69 Å². The number of rotatable bonds is 3. The van der Waals surface area contributed by atoms with Crippen molar-refractivity contribution in [3.05, 3.63) is 55.6 Å². The SMILES string of the molecule is Cc1cc(NC(=O)N/N=C/c2ccc(O)c(I)c2)ccc1Br. The molecule has 0 aliphatic carbocycles. The van der Waals surface area contributed by atoms with Gasteiger partial charge in [0.1, 0.15) is 5.75 Å². The zero-order valence-corrected chi connectivity index (χ0v) is 15.3. The third kappa shape index (κ3) is 4.70. The summed E-state index contributed by atoms with van der Waals surface area (Å²) in [5.74, 6) is 0.217. The lowest BCUT2D eigenvalue weighted by Gasteiger charge is -2.06. The number of aromatic hydroxyl groups is 1. The van der Waals surface area contributed by atoms with E-state index >= 15 is 0 Å². The normalized spacial score (nSPS) is 10.7. The number of carbonyl (C=O) groups excluding carboxylic acids is 1. The number of anilines is 1. The number of nitrogens with one attached hydrogen (secondary N) is 2. The molecule has 3 N–H and O–H groups in total. The maximum absolute atomic E-state index is 11.7. The van der Waals surface area contributed by atoms with Crippen molar-refractivity contribution in [2.24, 2.45) is 5.10 Å². The first-order valence-electron chi connectivity index (χ1n) is 6.30. The minimum Gasteiger partial charge on any atom is -0.507 e.